The second-order valence-corrected chi connectivity index (χ2v) is 4.89. The summed E-state index contributed by atoms with van der Waals surface area (Å²) in [6, 6.07) is 7.98. The molecule has 1 aromatic heterocycles. The summed E-state index contributed by atoms with van der Waals surface area (Å²) in [5, 5.41) is 5.53. The van der Waals surface area contributed by atoms with Crippen molar-refractivity contribution in [3.8, 4) is 0 Å². The molecule has 0 atom stereocenters. The molecule has 0 bridgehead atoms. The number of alkyl halides is 3. The van der Waals surface area contributed by atoms with E-state index >= 15 is 0 Å². The number of carbonyl (C=O) groups is 1. The topological polar surface area (TPSA) is 54.0 Å². The molecule has 7 heteroatoms. The second-order valence-electron chi connectivity index (χ2n) is 4.89. The minimum Gasteiger partial charge on any atom is -0.354 e. The number of anilines is 2. The molecule has 1 amide bonds. The number of nitrogens with zero attached hydrogens (tertiary/aromatic N) is 1. The van der Waals surface area contributed by atoms with Gasteiger partial charge < -0.3 is 10.6 Å². The summed E-state index contributed by atoms with van der Waals surface area (Å²) < 4.78 is 38.0. The standard InChI is InChI=1S/C16H16F3N3O/c1-2-8-20-15(23)14-7-6-13(10-21-14)22-12-5-3-4-11(9-12)16(17,18)19/h3-7,9-10,22H,2,8H2,1H3,(H,20,23). The van der Waals surface area contributed by atoms with Crippen LogP contribution in [0, 0.1) is 0 Å². The van der Waals surface area contributed by atoms with Crippen LogP contribution in [0.3, 0.4) is 0 Å². The van der Waals surface area contributed by atoms with E-state index in [0.29, 0.717) is 17.9 Å². The molecule has 2 aromatic rings. The van der Waals surface area contributed by atoms with E-state index in [1.165, 1.54) is 24.4 Å². The van der Waals surface area contributed by atoms with Crippen molar-refractivity contribution < 1.29 is 18.0 Å². The summed E-state index contributed by atoms with van der Waals surface area (Å²) in [6.45, 7) is 2.50. The largest absolute Gasteiger partial charge is 0.416 e. The van der Waals surface area contributed by atoms with Gasteiger partial charge in [0.25, 0.3) is 5.91 Å². The molecule has 0 aliphatic heterocycles. The first-order chi connectivity index (χ1) is 10.9. The van der Waals surface area contributed by atoms with Crippen LogP contribution in [0.4, 0.5) is 24.5 Å². The first-order valence-corrected chi connectivity index (χ1v) is 7.08. The summed E-state index contributed by atoms with van der Waals surface area (Å²) in [4.78, 5) is 15.7. The van der Waals surface area contributed by atoms with Gasteiger partial charge in [-0.25, -0.2) is 4.98 Å². The summed E-state index contributed by atoms with van der Waals surface area (Å²) in [6.07, 6.45) is -2.17. The molecule has 0 saturated carbocycles. The number of hydrogen-bond acceptors (Lipinski definition) is 3. The van der Waals surface area contributed by atoms with Gasteiger partial charge in [-0.1, -0.05) is 13.0 Å². The van der Waals surface area contributed by atoms with E-state index < -0.39 is 11.7 Å². The van der Waals surface area contributed by atoms with Crippen molar-refractivity contribution in [3.63, 3.8) is 0 Å². The molecule has 0 aliphatic carbocycles. The minimum absolute atomic E-state index is 0.257. The van der Waals surface area contributed by atoms with Gasteiger partial charge in [-0.05, 0) is 36.8 Å². The predicted octanol–water partition coefficient (Wildman–Crippen LogP) is 3.98. The van der Waals surface area contributed by atoms with E-state index in [9.17, 15) is 18.0 Å². The van der Waals surface area contributed by atoms with Crippen molar-refractivity contribution in [2.24, 2.45) is 0 Å². The Balaban J connectivity index is 2.08. The van der Waals surface area contributed by atoms with E-state index in [1.54, 1.807) is 6.07 Å². The van der Waals surface area contributed by atoms with E-state index in [1.807, 2.05) is 6.92 Å². The first kappa shape index (κ1) is 16.8. The highest BCUT2D eigenvalue weighted by molar-refractivity contribution is 5.92. The molecule has 1 aromatic carbocycles. The number of benzene rings is 1. The molecule has 2 rings (SSSR count). The Morgan fingerprint density at radius 3 is 2.57 bits per heavy atom. The summed E-state index contributed by atoms with van der Waals surface area (Å²) in [5.41, 5.74) is 0.320. The molecule has 0 spiro atoms. The molecular weight excluding hydrogens is 307 g/mol. The fourth-order valence-corrected chi connectivity index (χ4v) is 1.87. The van der Waals surface area contributed by atoms with Gasteiger partial charge in [0.15, 0.2) is 0 Å². The normalized spacial score (nSPS) is 11.1. The molecule has 23 heavy (non-hydrogen) atoms. The number of hydrogen-bond donors (Lipinski definition) is 2. The smallest absolute Gasteiger partial charge is 0.354 e. The molecule has 122 valence electrons. The van der Waals surface area contributed by atoms with Crippen LogP contribution in [0.2, 0.25) is 0 Å². The van der Waals surface area contributed by atoms with E-state index in [0.717, 1.165) is 18.6 Å². The Bertz CT molecular complexity index is 669. The summed E-state index contributed by atoms with van der Waals surface area (Å²) >= 11 is 0. The summed E-state index contributed by atoms with van der Waals surface area (Å²) in [5.74, 6) is -0.280. The number of aromatic nitrogens is 1. The molecule has 0 unspecified atom stereocenters. The lowest BCUT2D eigenvalue weighted by Gasteiger charge is -2.10. The van der Waals surface area contributed by atoms with Gasteiger partial charge in [-0.2, -0.15) is 13.2 Å². The van der Waals surface area contributed by atoms with Crippen LogP contribution < -0.4 is 10.6 Å². The third-order valence-corrected chi connectivity index (χ3v) is 3.01. The lowest BCUT2D eigenvalue weighted by atomic mass is 10.2. The molecule has 0 fully saturated rings. The number of pyridine rings is 1. The molecule has 0 aliphatic rings. The fraction of sp³-hybridized carbons (Fsp3) is 0.250. The number of amides is 1. The van der Waals surface area contributed by atoms with Crippen molar-refractivity contribution in [2.75, 3.05) is 11.9 Å². The Kier molecular flexibility index (Phi) is 5.20. The first-order valence-electron chi connectivity index (χ1n) is 7.08. The zero-order valence-electron chi connectivity index (χ0n) is 12.4. The zero-order valence-corrected chi connectivity index (χ0v) is 12.4. The zero-order chi connectivity index (χ0) is 16.9. The van der Waals surface area contributed by atoms with Gasteiger partial charge in [0.2, 0.25) is 0 Å². The maximum absolute atomic E-state index is 12.7. The lowest BCUT2D eigenvalue weighted by Crippen LogP contribution is -2.24. The van der Waals surface area contributed by atoms with Crippen LogP contribution in [-0.2, 0) is 6.18 Å². The number of carbonyl (C=O) groups excluding carboxylic acids is 1. The van der Waals surface area contributed by atoms with Crippen molar-refractivity contribution >= 4 is 17.3 Å². The SMILES string of the molecule is CCCNC(=O)c1ccc(Nc2cccc(C(F)(F)F)c2)cn1. The Labute approximate surface area is 131 Å². The summed E-state index contributed by atoms with van der Waals surface area (Å²) in [7, 11) is 0. The van der Waals surface area contributed by atoms with Crippen molar-refractivity contribution in [1.82, 2.24) is 10.3 Å². The molecule has 0 radical (unpaired) electrons. The molecule has 2 N–H and O–H groups in total. The molecule has 0 saturated heterocycles. The predicted molar refractivity (Wildman–Crippen MR) is 81.6 cm³/mol. The van der Waals surface area contributed by atoms with Gasteiger partial charge in [0, 0.05) is 12.2 Å². The lowest BCUT2D eigenvalue weighted by molar-refractivity contribution is -0.137. The van der Waals surface area contributed by atoms with Crippen molar-refractivity contribution in [1.29, 1.82) is 0 Å². The Hall–Kier alpha value is -2.57. The van der Waals surface area contributed by atoms with Crippen LogP contribution >= 0.6 is 0 Å². The number of nitrogens with one attached hydrogen (secondary N) is 2. The van der Waals surface area contributed by atoms with Crippen LogP contribution in [0.25, 0.3) is 0 Å². The maximum Gasteiger partial charge on any atom is 0.416 e. The van der Waals surface area contributed by atoms with Gasteiger partial charge >= 0.3 is 6.18 Å². The maximum atomic E-state index is 12.7. The number of rotatable bonds is 5. The Morgan fingerprint density at radius 1 is 1.17 bits per heavy atom. The number of halogens is 3. The van der Waals surface area contributed by atoms with Crippen LogP contribution in [-0.4, -0.2) is 17.4 Å². The van der Waals surface area contributed by atoms with Crippen LogP contribution in [0.15, 0.2) is 42.6 Å². The van der Waals surface area contributed by atoms with Gasteiger partial charge in [0.05, 0.1) is 17.4 Å². The van der Waals surface area contributed by atoms with E-state index in [-0.39, 0.29) is 11.6 Å². The van der Waals surface area contributed by atoms with Gasteiger partial charge in [-0.15, -0.1) is 0 Å². The monoisotopic (exact) mass is 323 g/mol. The highest BCUT2D eigenvalue weighted by Gasteiger charge is 2.30. The van der Waals surface area contributed by atoms with E-state index in [2.05, 4.69) is 15.6 Å². The quantitative estimate of drug-likeness (QED) is 0.875. The van der Waals surface area contributed by atoms with Gasteiger partial charge in [-0.3, -0.25) is 4.79 Å². The molecule has 4 nitrogen and oxygen atoms in total. The minimum atomic E-state index is -4.39. The average molecular weight is 323 g/mol. The fourth-order valence-electron chi connectivity index (χ4n) is 1.87. The Morgan fingerprint density at radius 2 is 1.96 bits per heavy atom. The van der Waals surface area contributed by atoms with Crippen LogP contribution in [0.1, 0.15) is 29.4 Å². The van der Waals surface area contributed by atoms with Gasteiger partial charge in [0.1, 0.15) is 5.69 Å². The molecular formula is C16H16F3N3O. The third-order valence-electron chi connectivity index (χ3n) is 3.01. The van der Waals surface area contributed by atoms with Crippen LogP contribution in [0.5, 0.6) is 0 Å². The molecule has 1 heterocycles. The van der Waals surface area contributed by atoms with Crippen molar-refractivity contribution in [3.05, 3.63) is 53.9 Å². The average Bonchev–Trinajstić information content (AvgIpc) is 2.53. The third kappa shape index (κ3) is 4.70. The second kappa shape index (κ2) is 7.13. The highest BCUT2D eigenvalue weighted by Crippen LogP contribution is 2.31. The van der Waals surface area contributed by atoms with E-state index in [4.69, 9.17) is 0 Å². The van der Waals surface area contributed by atoms with Crippen molar-refractivity contribution in [2.45, 2.75) is 19.5 Å². The highest BCUT2D eigenvalue weighted by atomic mass is 19.4.